The predicted molar refractivity (Wildman–Crippen MR) is 71.1 cm³/mol. The summed E-state index contributed by atoms with van der Waals surface area (Å²) in [6.45, 7) is 8.54. The standard InChI is InChI=1S/C13H20O2Si/c1-6-13(15-16(3,4)5)11-7-9-12(14-2)10-8-11/h6-10H,1-5H3/b13-6-. The second-order valence-corrected chi connectivity index (χ2v) is 9.02. The van der Waals surface area contributed by atoms with Crippen molar-refractivity contribution in [2.24, 2.45) is 0 Å². The summed E-state index contributed by atoms with van der Waals surface area (Å²) in [5, 5.41) is 0. The monoisotopic (exact) mass is 236 g/mol. The average Bonchev–Trinajstić information content (AvgIpc) is 2.25. The van der Waals surface area contributed by atoms with E-state index in [1.807, 2.05) is 37.3 Å². The van der Waals surface area contributed by atoms with Crippen LogP contribution in [0.4, 0.5) is 0 Å². The van der Waals surface area contributed by atoms with Gasteiger partial charge >= 0.3 is 0 Å². The normalized spacial score (nSPS) is 12.4. The highest BCUT2D eigenvalue weighted by atomic mass is 28.4. The molecule has 0 aliphatic heterocycles. The fraction of sp³-hybridized carbons (Fsp3) is 0.385. The fourth-order valence-corrected chi connectivity index (χ4v) is 2.27. The van der Waals surface area contributed by atoms with E-state index in [1.165, 1.54) is 0 Å². The lowest BCUT2D eigenvalue weighted by atomic mass is 10.2. The first kappa shape index (κ1) is 12.8. The third kappa shape index (κ3) is 3.74. The summed E-state index contributed by atoms with van der Waals surface area (Å²) in [6, 6.07) is 7.95. The van der Waals surface area contributed by atoms with Crippen molar-refractivity contribution in [3.8, 4) is 5.75 Å². The molecule has 88 valence electrons. The SMILES string of the molecule is C/C=C(\O[Si](C)(C)C)c1ccc(OC)cc1. The highest BCUT2D eigenvalue weighted by molar-refractivity contribution is 6.70. The van der Waals surface area contributed by atoms with Crippen LogP contribution < -0.4 is 4.74 Å². The quantitative estimate of drug-likeness (QED) is 0.583. The van der Waals surface area contributed by atoms with E-state index in [1.54, 1.807) is 7.11 Å². The molecule has 0 fully saturated rings. The van der Waals surface area contributed by atoms with Gasteiger partial charge in [-0.25, -0.2) is 0 Å². The zero-order valence-corrected chi connectivity index (χ0v) is 11.7. The minimum Gasteiger partial charge on any atom is -0.544 e. The molecule has 0 heterocycles. The van der Waals surface area contributed by atoms with E-state index in [4.69, 9.17) is 9.16 Å². The minimum atomic E-state index is -1.55. The molecule has 0 unspecified atom stereocenters. The molecule has 0 amide bonds. The third-order valence-electron chi connectivity index (χ3n) is 2.05. The molecule has 3 heteroatoms. The minimum absolute atomic E-state index is 0.868. The molecule has 0 aliphatic carbocycles. The summed E-state index contributed by atoms with van der Waals surface area (Å²) in [5.74, 6) is 1.83. The van der Waals surface area contributed by atoms with E-state index in [0.717, 1.165) is 17.1 Å². The second-order valence-electron chi connectivity index (χ2n) is 4.60. The van der Waals surface area contributed by atoms with Crippen LogP contribution in [0.15, 0.2) is 30.3 Å². The first-order valence-corrected chi connectivity index (χ1v) is 8.87. The van der Waals surface area contributed by atoms with Gasteiger partial charge in [-0.2, -0.15) is 0 Å². The number of hydrogen-bond donors (Lipinski definition) is 0. The molecule has 2 nitrogen and oxygen atoms in total. The molecule has 0 saturated heterocycles. The van der Waals surface area contributed by atoms with E-state index in [9.17, 15) is 0 Å². The number of methoxy groups -OCH3 is 1. The summed E-state index contributed by atoms with van der Waals surface area (Å²) in [4.78, 5) is 0. The molecule has 0 aromatic heterocycles. The Labute approximate surface area is 99.0 Å². The Hall–Kier alpha value is -1.22. The largest absolute Gasteiger partial charge is 0.544 e. The lowest BCUT2D eigenvalue weighted by Crippen LogP contribution is -2.24. The summed E-state index contributed by atoms with van der Waals surface area (Å²) < 4.78 is 11.1. The van der Waals surface area contributed by atoms with Gasteiger partial charge in [0.05, 0.1) is 7.11 Å². The van der Waals surface area contributed by atoms with Gasteiger partial charge in [0.25, 0.3) is 0 Å². The van der Waals surface area contributed by atoms with Crippen molar-refractivity contribution in [1.29, 1.82) is 0 Å². The van der Waals surface area contributed by atoms with E-state index < -0.39 is 8.32 Å². The summed E-state index contributed by atoms with van der Waals surface area (Å²) in [7, 11) is 0.125. The van der Waals surface area contributed by atoms with Crippen LogP contribution in [-0.2, 0) is 4.43 Å². The Morgan fingerprint density at radius 2 is 1.69 bits per heavy atom. The Morgan fingerprint density at radius 3 is 2.06 bits per heavy atom. The first-order chi connectivity index (χ1) is 7.46. The number of hydrogen-bond acceptors (Lipinski definition) is 2. The molecule has 1 aromatic carbocycles. The van der Waals surface area contributed by atoms with Crippen LogP contribution in [0.1, 0.15) is 12.5 Å². The highest BCUT2D eigenvalue weighted by Gasteiger charge is 2.18. The molecule has 16 heavy (non-hydrogen) atoms. The third-order valence-corrected chi connectivity index (χ3v) is 2.89. The fourth-order valence-electron chi connectivity index (χ4n) is 1.37. The van der Waals surface area contributed by atoms with Crippen LogP contribution in [0.3, 0.4) is 0 Å². The van der Waals surface area contributed by atoms with Crippen LogP contribution in [0.2, 0.25) is 19.6 Å². The van der Waals surface area contributed by atoms with E-state index in [-0.39, 0.29) is 0 Å². The van der Waals surface area contributed by atoms with Crippen LogP contribution >= 0.6 is 0 Å². The predicted octanol–water partition coefficient (Wildman–Crippen LogP) is 3.91. The first-order valence-electron chi connectivity index (χ1n) is 5.46. The Balaban J connectivity index is 2.88. The van der Waals surface area contributed by atoms with Crippen LogP contribution in [0.25, 0.3) is 5.76 Å². The smallest absolute Gasteiger partial charge is 0.242 e. The molecule has 0 N–H and O–H groups in total. The van der Waals surface area contributed by atoms with Crippen molar-refractivity contribution in [1.82, 2.24) is 0 Å². The number of benzene rings is 1. The lowest BCUT2D eigenvalue weighted by molar-refractivity contribution is 0.414. The van der Waals surface area contributed by atoms with Gasteiger partial charge < -0.3 is 9.16 Å². The van der Waals surface area contributed by atoms with Crippen molar-refractivity contribution in [3.63, 3.8) is 0 Å². The molecule has 0 spiro atoms. The topological polar surface area (TPSA) is 18.5 Å². The van der Waals surface area contributed by atoms with Crippen LogP contribution in [0.5, 0.6) is 5.75 Å². The molecule has 1 rings (SSSR count). The van der Waals surface area contributed by atoms with Crippen molar-refractivity contribution in [3.05, 3.63) is 35.9 Å². The Morgan fingerprint density at radius 1 is 1.12 bits per heavy atom. The lowest BCUT2D eigenvalue weighted by Gasteiger charge is -2.22. The van der Waals surface area contributed by atoms with Crippen molar-refractivity contribution in [2.45, 2.75) is 26.6 Å². The van der Waals surface area contributed by atoms with Gasteiger partial charge in [0.1, 0.15) is 11.5 Å². The van der Waals surface area contributed by atoms with Gasteiger partial charge in [-0.3, -0.25) is 0 Å². The summed E-state index contributed by atoms with van der Waals surface area (Å²) in [5.41, 5.74) is 1.10. The molecular weight excluding hydrogens is 216 g/mol. The van der Waals surface area contributed by atoms with Crippen molar-refractivity contribution in [2.75, 3.05) is 7.11 Å². The maximum absolute atomic E-state index is 6.01. The molecule has 1 aromatic rings. The van der Waals surface area contributed by atoms with Gasteiger partial charge in [0.15, 0.2) is 0 Å². The van der Waals surface area contributed by atoms with Crippen LogP contribution in [-0.4, -0.2) is 15.4 Å². The van der Waals surface area contributed by atoms with Gasteiger partial charge in [0, 0.05) is 5.56 Å². The number of rotatable bonds is 4. The van der Waals surface area contributed by atoms with Crippen molar-refractivity contribution < 1.29 is 9.16 Å². The number of allylic oxidation sites excluding steroid dienone is 1. The maximum Gasteiger partial charge on any atom is 0.242 e. The van der Waals surface area contributed by atoms with Gasteiger partial charge in [-0.05, 0) is 56.9 Å². The second kappa shape index (κ2) is 5.21. The zero-order valence-electron chi connectivity index (χ0n) is 10.7. The Bertz CT molecular complexity index is 361. The molecule has 0 saturated carbocycles. The molecule has 0 bridgehead atoms. The van der Waals surface area contributed by atoms with Gasteiger partial charge in [-0.15, -0.1) is 0 Å². The molecule has 0 radical (unpaired) electrons. The zero-order chi connectivity index (χ0) is 12.2. The molecule has 0 aliphatic rings. The molecule has 0 atom stereocenters. The van der Waals surface area contributed by atoms with Crippen molar-refractivity contribution >= 4 is 14.1 Å². The van der Waals surface area contributed by atoms with E-state index in [2.05, 4.69) is 19.6 Å². The summed E-state index contributed by atoms with van der Waals surface area (Å²) in [6.07, 6.45) is 2.01. The summed E-state index contributed by atoms with van der Waals surface area (Å²) >= 11 is 0. The maximum atomic E-state index is 6.01. The number of ether oxygens (including phenoxy) is 1. The van der Waals surface area contributed by atoms with Crippen LogP contribution in [0, 0.1) is 0 Å². The highest BCUT2D eigenvalue weighted by Crippen LogP contribution is 2.23. The van der Waals surface area contributed by atoms with E-state index >= 15 is 0 Å². The average molecular weight is 236 g/mol. The van der Waals surface area contributed by atoms with Gasteiger partial charge in [-0.1, -0.05) is 0 Å². The van der Waals surface area contributed by atoms with Gasteiger partial charge in [0.2, 0.25) is 8.32 Å². The van der Waals surface area contributed by atoms with E-state index in [0.29, 0.717) is 0 Å². The Kier molecular flexibility index (Phi) is 4.18. The molecular formula is C13H20O2Si.